The Morgan fingerprint density at radius 3 is 2.49 bits per heavy atom. The minimum absolute atomic E-state index is 0.0987. The number of ether oxygens (including phenoxy) is 3. The van der Waals surface area contributed by atoms with Crippen LogP contribution in [0.1, 0.15) is 80.1 Å². The zero-order valence-electron chi connectivity index (χ0n) is 27.5. The molecule has 0 spiro atoms. The number of hydrogen-bond donors (Lipinski definition) is 3. The number of carbonyl (C=O) groups excluding carboxylic acids is 1. The highest BCUT2D eigenvalue weighted by Crippen LogP contribution is 2.32. The van der Waals surface area contributed by atoms with Crippen LogP contribution < -0.4 is 16.0 Å². The smallest absolute Gasteiger partial charge is 0.338 e. The van der Waals surface area contributed by atoms with Gasteiger partial charge in [-0.25, -0.2) is 14.8 Å². The molecule has 1 saturated carbocycles. The third kappa shape index (κ3) is 10.3. The fraction of sp³-hybridized carbons (Fsp3) is 0.647. The molecule has 2 fully saturated rings. The summed E-state index contributed by atoms with van der Waals surface area (Å²) in [5.41, 5.74) is -0.455. The summed E-state index contributed by atoms with van der Waals surface area (Å²) in [5.74, 6) is 1.12. The number of halogens is 1. The van der Waals surface area contributed by atoms with Gasteiger partial charge in [0, 0.05) is 49.6 Å². The minimum atomic E-state index is -1.01. The topological polar surface area (TPSA) is 130 Å². The van der Waals surface area contributed by atoms with E-state index in [2.05, 4.69) is 33.9 Å². The zero-order valence-corrected chi connectivity index (χ0v) is 28.3. The summed E-state index contributed by atoms with van der Waals surface area (Å²) in [6.07, 6.45) is 7.12. The number of nitrogens with zero attached hydrogens (tertiary/aromatic N) is 3. The lowest BCUT2D eigenvalue weighted by atomic mass is 9.82. The van der Waals surface area contributed by atoms with Crippen LogP contribution in [0.15, 0.2) is 30.5 Å². The van der Waals surface area contributed by atoms with Gasteiger partial charge in [0.2, 0.25) is 0 Å². The number of anilines is 2. The second-order valence-corrected chi connectivity index (χ2v) is 14.3. The lowest BCUT2D eigenvalue weighted by Crippen LogP contribution is -2.46. The number of hydrogen-bond acceptors (Lipinski definition) is 10. The molecule has 45 heavy (non-hydrogen) atoms. The van der Waals surface area contributed by atoms with E-state index >= 15 is 0 Å². The van der Waals surface area contributed by atoms with Crippen molar-refractivity contribution in [2.75, 3.05) is 37.0 Å². The molecule has 2 aromatic heterocycles. The van der Waals surface area contributed by atoms with Crippen LogP contribution in [0.2, 0.25) is 5.02 Å². The van der Waals surface area contributed by atoms with Crippen molar-refractivity contribution in [1.82, 2.24) is 15.3 Å². The number of esters is 1. The molecule has 4 rings (SSSR count). The normalized spacial score (nSPS) is 20.9. The standard InChI is InChI=1S/C34H49ClN6O4/c1-23(20-44-33(5,6)31(42)45-32(2,3)4)39-24-10-12-25(13-11-24)40-30-18-26(27(35)19-37-30)28-8-7-9-29(41-28)38-22-34(21-36)14-16-43-17-15-34/h7-9,18-19,23-25,39H,10-17,20,22H2,1-6H3,(H,37,40)(H,38,41)/t23-,24-,25-/m0/s1. The van der Waals surface area contributed by atoms with Gasteiger partial charge in [0.25, 0.3) is 0 Å². The Hall–Kier alpha value is -2.97. The van der Waals surface area contributed by atoms with E-state index in [0.29, 0.717) is 62.1 Å². The summed E-state index contributed by atoms with van der Waals surface area (Å²) in [6.45, 7) is 13.3. The molecule has 246 valence electrons. The van der Waals surface area contributed by atoms with Gasteiger partial charge in [-0.3, -0.25) is 0 Å². The first-order valence-corrected chi connectivity index (χ1v) is 16.4. The predicted octanol–water partition coefficient (Wildman–Crippen LogP) is 6.37. The van der Waals surface area contributed by atoms with Crippen LogP contribution in [0.25, 0.3) is 11.3 Å². The summed E-state index contributed by atoms with van der Waals surface area (Å²) < 4.78 is 16.9. The van der Waals surface area contributed by atoms with E-state index in [4.69, 9.17) is 30.8 Å². The molecule has 1 atom stereocenters. The first-order valence-electron chi connectivity index (χ1n) is 16.0. The average Bonchev–Trinajstić information content (AvgIpc) is 3.01. The lowest BCUT2D eigenvalue weighted by Gasteiger charge is -2.33. The highest BCUT2D eigenvalue weighted by molar-refractivity contribution is 6.33. The van der Waals surface area contributed by atoms with Gasteiger partial charge >= 0.3 is 5.97 Å². The van der Waals surface area contributed by atoms with Crippen molar-refractivity contribution in [1.29, 1.82) is 5.26 Å². The van der Waals surface area contributed by atoms with Crippen molar-refractivity contribution in [2.45, 2.75) is 109 Å². The monoisotopic (exact) mass is 640 g/mol. The van der Waals surface area contributed by atoms with Crippen molar-refractivity contribution in [3.05, 3.63) is 35.5 Å². The molecule has 1 aliphatic carbocycles. The summed E-state index contributed by atoms with van der Waals surface area (Å²) in [5, 5.41) is 20.9. The summed E-state index contributed by atoms with van der Waals surface area (Å²) in [7, 11) is 0. The van der Waals surface area contributed by atoms with Gasteiger partial charge in [0.05, 0.1) is 28.8 Å². The third-order valence-corrected chi connectivity index (χ3v) is 8.66. The number of rotatable bonds is 12. The van der Waals surface area contributed by atoms with Crippen LogP contribution in [0.4, 0.5) is 11.6 Å². The molecule has 2 aliphatic rings. The SMILES string of the molecule is C[C@@H](COC(C)(C)C(=O)OC(C)(C)C)N[C@H]1CC[C@H](Nc2cc(-c3cccc(NCC4(C#N)CCOCC4)n3)c(Cl)cn2)CC1. The fourth-order valence-electron chi connectivity index (χ4n) is 5.60. The molecule has 0 radical (unpaired) electrons. The molecule has 0 amide bonds. The van der Waals surface area contributed by atoms with E-state index in [1.54, 1.807) is 20.0 Å². The van der Waals surface area contributed by atoms with E-state index in [1.807, 2.05) is 45.0 Å². The van der Waals surface area contributed by atoms with Gasteiger partial charge in [-0.15, -0.1) is 0 Å². The van der Waals surface area contributed by atoms with Crippen LogP contribution in [-0.4, -0.2) is 71.6 Å². The van der Waals surface area contributed by atoms with Gasteiger partial charge in [-0.2, -0.15) is 5.26 Å². The maximum absolute atomic E-state index is 12.5. The molecular weight excluding hydrogens is 592 g/mol. The summed E-state index contributed by atoms with van der Waals surface area (Å²) >= 11 is 6.58. The molecule has 1 saturated heterocycles. The van der Waals surface area contributed by atoms with Crippen LogP contribution in [0, 0.1) is 16.7 Å². The van der Waals surface area contributed by atoms with Crippen LogP contribution in [0.3, 0.4) is 0 Å². The van der Waals surface area contributed by atoms with Crippen molar-refractivity contribution >= 4 is 29.2 Å². The zero-order chi connectivity index (χ0) is 32.7. The Bertz CT molecular complexity index is 1330. The second kappa shape index (κ2) is 15.1. The number of aromatic nitrogens is 2. The van der Waals surface area contributed by atoms with Crippen LogP contribution in [-0.2, 0) is 19.0 Å². The van der Waals surface area contributed by atoms with Gasteiger partial charge in [-0.05, 0) is 98.3 Å². The Morgan fingerprint density at radius 2 is 1.82 bits per heavy atom. The highest BCUT2D eigenvalue weighted by Gasteiger charge is 2.35. The van der Waals surface area contributed by atoms with E-state index in [1.165, 1.54) is 0 Å². The highest BCUT2D eigenvalue weighted by atomic mass is 35.5. The average molecular weight is 641 g/mol. The third-order valence-electron chi connectivity index (χ3n) is 8.36. The molecule has 10 nitrogen and oxygen atoms in total. The predicted molar refractivity (Wildman–Crippen MR) is 177 cm³/mol. The second-order valence-electron chi connectivity index (χ2n) is 13.9. The van der Waals surface area contributed by atoms with Gasteiger partial charge in [-0.1, -0.05) is 17.7 Å². The first kappa shape index (κ1) is 34.9. The summed E-state index contributed by atoms with van der Waals surface area (Å²) in [4.78, 5) is 21.8. The Kier molecular flexibility index (Phi) is 11.7. The van der Waals surface area contributed by atoms with Crippen LogP contribution in [0.5, 0.6) is 0 Å². The maximum Gasteiger partial charge on any atom is 0.338 e. The van der Waals surface area contributed by atoms with Crippen molar-refractivity contribution < 1.29 is 19.0 Å². The number of pyridine rings is 2. The Morgan fingerprint density at radius 1 is 1.13 bits per heavy atom. The van der Waals surface area contributed by atoms with E-state index in [0.717, 1.165) is 42.8 Å². The first-order chi connectivity index (χ1) is 21.3. The van der Waals surface area contributed by atoms with Crippen LogP contribution >= 0.6 is 11.6 Å². The minimum Gasteiger partial charge on any atom is -0.458 e. The molecule has 2 aromatic rings. The molecule has 0 unspecified atom stereocenters. The molecule has 1 aliphatic heterocycles. The number of nitrogens with one attached hydrogen (secondary N) is 3. The van der Waals surface area contributed by atoms with E-state index in [9.17, 15) is 10.1 Å². The molecular formula is C34H49ClN6O4. The van der Waals surface area contributed by atoms with E-state index < -0.39 is 16.6 Å². The lowest BCUT2D eigenvalue weighted by molar-refractivity contribution is -0.180. The Balaban J connectivity index is 1.27. The molecule has 0 bridgehead atoms. The Labute approximate surface area is 273 Å². The van der Waals surface area contributed by atoms with Gasteiger partial charge in [0.15, 0.2) is 5.60 Å². The van der Waals surface area contributed by atoms with Crippen molar-refractivity contribution in [2.24, 2.45) is 5.41 Å². The van der Waals surface area contributed by atoms with E-state index in [-0.39, 0.29) is 12.0 Å². The summed E-state index contributed by atoms with van der Waals surface area (Å²) in [6, 6.07) is 11.0. The quantitative estimate of drug-likeness (QED) is 0.225. The number of nitriles is 1. The van der Waals surface area contributed by atoms with Crippen molar-refractivity contribution in [3.63, 3.8) is 0 Å². The largest absolute Gasteiger partial charge is 0.458 e. The fourth-order valence-corrected chi connectivity index (χ4v) is 5.80. The van der Waals surface area contributed by atoms with Gasteiger partial charge < -0.3 is 30.2 Å². The molecule has 3 N–H and O–H groups in total. The molecule has 3 heterocycles. The van der Waals surface area contributed by atoms with Crippen molar-refractivity contribution in [3.8, 4) is 17.3 Å². The van der Waals surface area contributed by atoms with Gasteiger partial charge in [0.1, 0.15) is 17.2 Å². The maximum atomic E-state index is 12.5. The molecule has 0 aromatic carbocycles. The number of carbonyl (C=O) groups is 1. The molecule has 11 heteroatoms.